The fraction of sp³-hybridized carbons (Fsp3) is 0.500. The van der Waals surface area contributed by atoms with Gasteiger partial charge in [-0.2, -0.15) is 0 Å². The van der Waals surface area contributed by atoms with Gasteiger partial charge in [-0.05, 0) is 32.4 Å². The number of nitrogens with one attached hydrogen (secondary N) is 1. The average Bonchev–Trinajstić information content (AvgIpc) is 2.16. The zero-order valence-corrected chi connectivity index (χ0v) is 9.56. The minimum Gasteiger partial charge on any atom is -0.396 e. The third-order valence-corrected chi connectivity index (χ3v) is 2.54. The minimum atomic E-state index is -0.549. The fourth-order valence-corrected chi connectivity index (χ4v) is 1.40. The molecule has 0 bridgehead atoms. The highest BCUT2D eigenvalue weighted by Crippen LogP contribution is 2.14. The summed E-state index contributed by atoms with van der Waals surface area (Å²) in [6, 6.07) is 3.81. The van der Waals surface area contributed by atoms with E-state index < -0.39 is 11.6 Å². The van der Waals surface area contributed by atoms with Crippen molar-refractivity contribution in [1.29, 1.82) is 0 Å². The van der Waals surface area contributed by atoms with E-state index in [2.05, 4.69) is 5.32 Å². The first-order valence-electron chi connectivity index (χ1n) is 5.25. The molecule has 0 saturated carbocycles. The van der Waals surface area contributed by atoms with Gasteiger partial charge >= 0.3 is 0 Å². The Morgan fingerprint density at radius 1 is 1.25 bits per heavy atom. The van der Waals surface area contributed by atoms with Crippen molar-refractivity contribution in [1.82, 2.24) is 5.32 Å². The molecule has 90 valence electrons. The van der Waals surface area contributed by atoms with Gasteiger partial charge in [0, 0.05) is 24.3 Å². The SMILES string of the molecule is CC(C)(CCO)NCc1c(F)cccc1F. The molecular formula is C12H17F2NO. The Kier molecular flexibility index (Phi) is 4.38. The molecule has 0 aliphatic carbocycles. The number of halogens is 2. The van der Waals surface area contributed by atoms with E-state index in [-0.39, 0.29) is 24.3 Å². The predicted molar refractivity (Wildman–Crippen MR) is 59.0 cm³/mol. The van der Waals surface area contributed by atoms with Gasteiger partial charge in [0.25, 0.3) is 0 Å². The average molecular weight is 229 g/mol. The first-order valence-corrected chi connectivity index (χ1v) is 5.25. The Labute approximate surface area is 94.3 Å². The van der Waals surface area contributed by atoms with Crippen LogP contribution in [0.1, 0.15) is 25.8 Å². The van der Waals surface area contributed by atoms with E-state index in [4.69, 9.17) is 5.11 Å². The van der Waals surface area contributed by atoms with Gasteiger partial charge in [-0.15, -0.1) is 0 Å². The smallest absolute Gasteiger partial charge is 0.130 e. The van der Waals surface area contributed by atoms with E-state index in [9.17, 15) is 8.78 Å². The summed E-state index contributed by atoms with van der Waals surface area (Å²) >= 11 is 0. The van der Waals surface area contributed by atoms with Crippen LogP contribution in [0.2, 0.25) is 0 Å². The normalized spacial score (nSPS) is 11.8. The lowest BCUT2D eigenvalue weighted by atomic mass is 10.0. The maximum absolute atomic E-state index is 13.3. The molecule has 2 N–H and O–H groups in total. The fourth-order valence-electron chi connectivity index (χ4n) is 1.40. The summed E-state index contributed by atoms with van der Waals surface area (Å²) in [4.78, 5) is 0. The van der Waals surface area contributed by atoms with Crippen molar-refractivity contribution in [3.63, 3.8) is 0 Å². The molecule has 0 radical (unpaired) electrons. The zero-order valence-electron chi connectivity index (χ0n) is 9.56. The number of benzene rings is 1. The summed E-state index contributed by atoms with van der Waals surface area (Å²) in [5.41, 5.74) is -0.308. The van der Waals surface area contributed by atoms with E-state index in [1.54, 1.807) is 0 Å². The van der Waals surface area contributed by atoms with E-state index in [0.717, 1.165) is 0 Å². The topological polar surface area (TPSA) is 32.3 Å². The molecule has 0 aliphatic rings. The molecule has 0 atom stereocenters. The molecule has 1 aromatic rings. The summed E-state index contributed by atoms with van der Waals surface area (Å²) in [7, 11) is 0. The van der Waals surface area contributed by atoms with Crippen molar-refractivity contribution >= 4 is 0 Å². The van der Waals surface area contributed by atoms with E-state index in [0.29, 0.717) is 6.42 Å². The predicted octanol–water partition coefficient (Wildman–Crippen LogP) is 2.22. The number of aliphatic hydroxyl groups is 1. The monoisotopic (exact) mass is 229 g/mol. The van der Waals surface area contributed by atoms with Crippen LogP contribution in [0.3, 0.4) is 0 Å². The van der Waals surface area contributed by atoms with Crippen LogP contribution in [0.25, 0.3) is 0 Å². The van der Waals surface area contributed by atoms with E-state index in [1.165, 1.54) is 18.2 Å². The Morgan fingerprint density at radius 2 is 1.81 bits per heavy atom. The van der Waals surface area contributed by atoms with Gasteiger partial charge < -0.3 is 10.4 Å². The molecule has 1 rings (SSSR count). The molecule has 0 amide bonds. The molecular weight excluding hydrogens is 212 g/mol. The molecule has 0 spiro atoms. The van der Waals surface area contributed by atoms with Gasteiger partial charge in [-0.25, -0.2) is 8.78 Å². The zero-order chi connectivity index (χ0) is 12.2. The standard InChI is InChI=1S/C12H17F2NO/c1-12(2,6-7-16)15-8-9-10(13)4-3-5-11(9)14/h3-5,15-16H,6-8H2,1-2H3. The third-order valence-electron chi connectivity index (χ3n) is 2.54. The lowest BCUT2D eigenvalue weighted by molar-refractivity contribution is 0.229. The van der Waals surface area contributed by atoms with Gasteiger partial charge in [0.05, 0.1) is 0 Å². The Hall–Kier alpha value is -1.00. The summed E-state index contributed by atoms with van der Waals surface area (Å²) in [5, 5.41) is 11.8. The minimum absolute atomic E-state index is 0.0357. The molecule has 1 aromatic carbocycles. The molecule has 16 heavy (non-hydrogen) atoms. The van der Waals surface area contributed by atoms with Gasteiger partial charge in [-0.1, -0.05) is 6.07 Å². The lowest BCUT2D eigenvalue weighted by Gasteiger charge is -2.25. The van der Waals surface area contributed by atoms with Crippen LogP contribution in [-0.4, -0.2) is 17.3 Å². The molecule has 0 aliphatic heterocycles. The first-order chi connectivity index (χ1) is 7.46. The summed E-state index contributed by atoms with van der Waals surface area (Å²) < 4.78 is 26.6. The van der Waals surface area contributed by atoms with Crippen LogP contribution in [0.4, 0.5) is 8.78 Å². The maximum atomic E-state index is 13.3. The van der Waals surface area contributed by atoms with E-state index >= 15 is 0 Å². The Bertz CT molecular complexity index is 333. The highest BCUT2D eigenvalue weighted by atomic mass is 19.1. The molecule has 0 saturated heterocycles. The van der Waals surface area contributed by atoms with Gasteiger partial charge in [0.1, 0.15) is 11.6 Å². The van der Waals surface area contributed by atoms with Crippen LogP contribution >= 0.6 is 0 Å². The molecule has 0 fully saturated rings. The van der Waals surface area contributed by atoms with Crippen LogP contribution in [-0.2, 0) is 6.54 Å². The highest BCUT2D eigenvalue weighted by Gasteiger charge is 2.17. The molecule has 0 heterocycles. The van der Waals surface area contributed by atoms with Crippen LogP contribution in [0.5, 0.6) is 0 Å². The molecule has 0 aromatic heterocycles. The quantitative estimate of drug-likeness (QED) is 0.811. The molecule has 2 nitrogen and oxygen atoms in total. The van der Waals surface area contributed by atoms with Crippen molar-refractivity contribution in [3.8, 4) is 0 Å². The first kappa shape index (κ1) is 13.1. The van der Waals surface area contributed by atoms with Crippen molar-refractivity contribution in [3.05, 3.63) is 35.4 Å². The second-order valence-electron chi connectivity index (χ2n) is 4.41. The number of hydrogen-bond acceptors (Lipinski definition) is 2. The number of hydrogen-bond donors (Lipinski definition) is 2. The van der Waals surface area contributed by atoms with Crippen LogP contribution < -0.4 is 5.32 Å². The Balaban J connectivity index is 2.68. The van der Waals surface area contributed by atoms with Gasteiger partial charge in [-0.3, -0.25) is 0 Å². The van der Waals surface area contributed by atoms with Crippen molar-refractivity contribution in [2.75, 3.05) is 6.61 Å². The molecule has 0 unspecified atom stereocenters. The Morgan fingerprint density at radius 3 is 2.31 bits per heavy atom. The second-order valence-corrected chi connectivity index (χ2v) is 4.41. The molecule has 4 heteroatoms. The van der Waals surface area contributed by atoms with Crippen molar-refractivity contribution in [2.45, 2.75) is 32.4 Å². The van der Waals surface area contributed by atoms with Crippen molar-refractivity contribution in [2.24, 2.45) is 0 Å². The number of aliphatic hydroxyl groups excluding tert-OH is 1. The van der Waals surface area contributed by atoms with Crippen LogP contribution in [0.15, 0.2) is 18.2 Å². The summed E-state index contributed by atoms with van der Waals surface area (Å²) in [6.45, 7) is 3.91. The van der Waals surface area contributed by atoms with Gasteiger partial charge in [0.2, 0.25) is 0 Å². The highest BCUT2D eigenvalue weighted by molar-refractivity contribution is 5.19. The summed E-state index contributed by atoms with van der Waals surface area (Å²) in [5.74, 6) is -1.10. The summed E-state index contributed by atoms with van der Waals surface area (Å²) in [6.07, 6.45) is 0.531. The van der Waals surface area contributed by atoms with Gasteiger partial charge in [0.15, 0.2) is 0 Å². The van der Waals surface area contributed by atoms with Crippen LogP contribution in [0, 0.1) is 11.6 Å². The maximum Gasteiger partial charge on any atom is 0.130 e. The van der Waals surface area contributed by atoms with Crippen molar-refractivity contribution < 1.29 is 13.9 Å². The lowest BCUT2D eigenvalue weighted by Crippen LogP contribution is -2.39. The number of rotatable bonds is 5. The largest absolute Gasteiger partial charge is 0.396 e. The second kappa shape index (κ2) is 5.37. The van der Waals surface area contributed by atoms with E-state index in [1.807, 2.05) is 13.8 Å². The third kappa shape index (κ3) is 3.54.